The van der Waals surface area contributed by atoms with Gasteiger partial charge in [0.25, 0.3) is 0 Å². The monoisotopic (exact) mass is 648 g/mol. The van der Waals surface area contributed by atoms with E-state index in [2.05, 4.69) is 27.3 Å². The summed E-state index contributed by atoms with van der Waals surface area (Å²) in [5.41, 5.74) is 3.15. The average Bonchev–Trinajstić information content (AvgIpc) is 3.68. The lowest BCUT2D eigenvalue weighted by Crippen LogP contribution is -2.56. The van der Waals surface area contributed by atoms with Crippen LogP contribution in [0.25, 0.3) is 37.6 Å². The molecule has 0 radical (unpaired) electrons. The van der Waals surface area contributed by atoms with Crippen molar-refractivity contribution in [1.82, 2.24) is 14.8 Å². The van der Waals surface area contributed by atoms with Crippen LogP contribution in [0.2, 0.25) is 5.02 Å². The van der Waals surface area contributed by atoms with Crippen molar-refractivity contribution in [3.63, 3.8) is 0 Å². The fourth-order valence-electron chi connectivity index (χ4n) is 7.87. The van der Waals surface area contributed by atoms with E-state index in [1.807, 2.05) is 36.4 Å². The molecule has 3 saturated heterocycles. The van der Waals surface area contributed by atoms with Crippen molar-refractivity contribution in [2.45, 2.75) is 37.3 Å². The molecule has 0 saturated carbocycles. The van der Waals surface area contributed by atoms with Gasteiger partial charge in [0.1, 0.15) is 30.1 Å². The molecular formula is C37H34ClFN6O2. The number of benzene rings is 3. The molecule has 4 heterocycles. The number of anilines is 1. The van der Waals surface area contributed by atoms with E-state index in [1.54, 1.807) is 11.0 Å². The maximum Gasteiger partial charge on any atom is 0.246 e. The SMILES string of the molecule is [C-]#[N+]C[C@H]1CN(c2c(C#N)c(OCC34CCCN3CCC4)nc3cc(-c4cccc5ccc(F)c(Cl)c45)ccc23)CCN1C(=O)C=C. The van der Waals surface area contributed by atoms with Crippen LogP contribution in [-0.2, 0) is 4.79 Å². The molecule has 10 heteroatoms. The third-order valence-corrected chi connectivity index (χ3v) is 10.5. The van der Waals surface area contributed by atoms with E-state index in [4.69, 9.17) is 27.9 Å². The van der Waals surface area contributed by atoms with E-state index in [1.165, 1.54) is 12.1 Å². The molecule has 0 N–H and O–H groups in total. The maximum atomic E-state index is 14.6. The Morgan fingerprint density at radius 3 is 2.74 bits per heavy atom. The number of nitrogens with zero attached hydrogens (tertiary/aromatic N) is 6. The molecule has 1 aromatic heterocycles. The van der Waals surface area contributed by atoms with E-state index >= 15 is 0 Å². The number of hydrogen-bond donors (Lipinski definition) is 0. The van der Waals surface area contributed by atoms with E-state index in [0.29, 0.717) is 48.4 Å². The summed E-state index contributed by atoms with van der Waals surface area (Å²) in [6, 6.07) is 16.7. The first-order chi connectivity index (χ1) is 22.9. The number of ether oxygens (including phenoxy) is 1. The quantitative estimate of drug-likeness (QED) is 0.161. The number of carbonyl (C=O) groups excluding carboxylic acids is 1. The fraction of sp³-hybridized carbons (Fsp3) is 0.351. The molecule has 238 valence electrons. The van der Waals surface area contributed by atoms with Crippen molar-refractivity contribution >= 4 is 44.9 Å². The zero-order valence-electron chi connectivity index (χ0n) is 26.0. The van der Waals surface area contributed by atoms with Gasteiger partial charge in [-0.25, -0.2) is 15.9 Å². The minimum absolute atomic E-state index is 0.0491. The summed E-state index contributed by atoms with van der Waals surface area (Å²) >= 11 is 6.51. The molecule has 8 nitrogen and oxygen atoms in total. The zero-order chi connectivity index (χ0) is 32.7. The minimum Gasteiger partial charge on any atom is -0.475 e. The van der Waals surface area contributed by atoms with Crippen molar-refractivity contribution in [1.29, 1.82) is 5.26 Å². The number of nitriles is 1. The third kappa shape index (κ3) is 5.34. The Morgan fingerprint density at radius 2 is 2.00 bits per heavy atom. The molecule has 0 aliphatic carbocycles. The lowest BCUT2D eigenvalue weighted by Gasteiger charge is -2.40. The lowest BCUT2D eigenvalue weighted by atomic mass is 9.95. The number of carbonyl (C=O) groups is 1. The molecule has 3 aliphatic heterocycles. The summed E-state index contributed by atoms with van der Waals surface area (Å²) in [6.45, 7) is 15.1. The largest absolute Gasteiger partial charge is 0.475 e. The highest BCUT2D eigenvalue weighted by Gasteiger charge is 2.45. The predicted molar refractivity (Wildman–Crippen MR) is 182 cm³/mol. The normalized spacial score (nSPS) is 19.0. The van der Waals surface area contributed by atoms with Gasteiger partial charge in [-0.3, -0.25) is 9.69 Å². The average molecular weight is 649 g/mol. The molecule has 47 heavy (non-hydrogen) atoms. The van der Waals surface area contributed by atoms with Crippen LogP contribution in [0.4, 0.5) is 10.1 Å². The molecule has 3 fully saturated rings. The molecule has 3 aliphatic rings. The van der Waals surface area contributed by atoms with Crippen LogP contribution in [0.1, 0.15) is 31.2 Å². The molecule has 1 atom stereocenters. The summed E-state index contributed by atoms with van der Waals surface area (Å²) < 4.78 is 21.2. The van der Waals surface area contributed by atoms with Gasteiger partial charge >= 0.3 is 0 Å². The van der Waals surface area contributed by atoms with Crippen LogP contribution in [0.5, 0.6) is 5.88 Å². The second-order valence-electron chi connectivity index (χ2n) is 12.6. The molecule has 7 rings (SSSR count). The second kappa shape index (κ2) is 12.5. The smallest absolute Gasteiger partial charge is 0.246 e. The van der Waals surface area contributed by atoms with E-state index in [-0.39, 0.29) is 34.9 Å². The van der Waals surface area contributed by atoms with Crippen LogP contribution in [0, 0.1) is 23.7 Å². The highest BCUT2D eigenvalue weighted by molar-refractivity contribution is 6.37. The Hall–Kier alpha value is -4.70. The van der Waals surface area contributed by atoms with Gasteiger partial charge in [0.2, 0.25) is 18.3 Å². The Labute approximate surface area is 278 Å². The number of piperazine rings is 1. The molecular weight excluding hydrogens is 615 g/mol. The topological polar surface area (TPSA) is 77.1 Å². The maximum absolute atomic E-state index is 14.6. The molecule has 3 aromatic carbocycles. The van der Waals surface area contributed by atoms with Gasteiger partial charge < -0.3 is 19.4 Å². The van der Waals surface area contributed by atoms with Crippen LogP contribution < -0.4 is 9.64 Å². The molecule has 0 bridgehead atoms. The van der Waals surface area contributed by atoms with Gasteiger partial charge in [0.05, 0.1) is 21.8 Å². The van der Waals surface area contributed by atoms with Crippen molar-refractivity contribution in [3.05, 3.63) is 89.0 Å². The van der Waals surface area contributed by atoms with Gasteiger partial charge in [-0.1, -0.05) is 54.6 Å². The second-order valence-corrected chi connectivity index (χ2v) is 13.0. The minimum atomic E-state index is -0.488. The first kappa shape index (κ1) is 30.9. The summed E-state index contributed by atoms with van der Waals surface area (Å²) in [6.07, 6.45) is 5.63. The number of rotatable bonds is 7. The van der Waals surface area contributed by atoms with Crippen molar-refractivity contribution in [3.8, 4) is 23.1 Å². The Morgan fingerprint density at radius 1 is 1.19 bits per heavy atom. The van der Waals surface area contributed by atoms with Crippen LogP contribution >= 0.6 is 11.6 Å². The number of fused-ring (bicyclic) bond motifs is 3. The third-order valence-electron chi connectivity index (χ3n) is 10.1. The van der Waals surface area contributed by atoms with Crippen LogP contribution in [0.15, 0.2) is 61.2 Å². The Bertz CT molecular complexity index is 1990. The van der Waals surface area contributed by atoms with Gasteiger partial charge in [0, 0.05) is 30.4 Å². The molecule has 1 amide bonds. The van der Waals surface area contributed by atoms with E-state index < -0.39 is 5.82 Å². The lowest BCUT2D eigenvalue weighted by molar-refractivity contribution is -0.128. The summed E-state index contributed by atoms with van der Waals surface area (Å²) in [5, 5.41) is 12.9. The summed E-state index contributed by atoms with van der Waals surface area (Å²) in [5.74, 6) is -0.430. The summed E-state index contributed by atoms with van der Waals surface area (Å²) in [4.78, 5) is 27.5. The number of hydrogen-bond acceptors (Lipinski definition) is 6. The first-order valence-corrected chi connectivity index (χ1v) is 16.4. The van der Waals surface area contributed by atoms with Crippen LogP contribution in [-0.4, -0.2) is 78.1 Å². The molecule has 0 unspecified atom stereocenters. The van der Waals surface area contributed by atoms with Crippen LogP contribution in [0.3, 0.4) is 0 Å². The van der Waals surface area contributed by atoms with Crippen molar-refractivity contribution in [2.75, 3.05) is 50.8 Å². The standard InChI is InChI=1S/C37H34ClFN6O2/c1-3-32(46)45-18-17-43(22-26(45)21-41-2)35-28-11-9-25(27-8-4-7-24-10-12-30(39)34(38)33(24)27)19-31(28)42-36(29(35)20-40)47-23-37-13-5-15-44(37)16-6-14-37/h3-4,7-12,19,26H,1,5-6,13-18,21-23H2/t26-/m0/s1. The fourth-order valence-corrected chi connectivity index (χ4v) is 8.14. The van der Waals surface area contributed by atoms with Gasteiger partial charge in [-0.15, -0.1) is 0 Å². The molecule has 0 spiro atoms. The van der Waals surface area contributed by atoms with Gasteiger partial charge in [-0.2, -0.15) is 5.26 Å². The van der Waals surface area contributed by atoms with Crippen molar-refractivity contribution in [2.24, 2.45) is 0 Å². The van der Waals surface area contributed by atoms with E-state index in [0.717, 1.165) is 60.7 Å². The summed E-state index contributed by atoms with van der Waals surface area (Å²) in [7, 11) is 0. The number of amides is 1. The number of halogens is 2. The Kier molecular flexibility index (Phi) is 8.21. The van der Waals surface area contributed by atoms with Gasteiger partial charge in [-0.05, 0) is 73.5 Å². The van der Waals surface area contributed by atoms with E-state index in [9.17, 15) is 14.4 Å². The number of pyridine rings is 1. The highest BCUT2D eigenvalue weighted by Crippen LogP contribution is 2.43. The molecule has 4 aromatic rings. The Balaban J connectivity index is 1.37. The zero-order valence-corrected chi connectivity index (χ0v) is 26.8. The highest BCUT2D eigenvalue weighted by atomic mass is 35.5. The predicted octanol–water partition coefficient (Wildman–Crippen LogP) is 6.85. The van der Waals surface area contributed by atoms with Gasteiger partial charge in [0.15, 0.2) is 0 Å². The first-order valence-electron chi connectivity index (χ1n) is 16.0. The van der Waals surface area contributed by atoms with Crippen molar-refractivity contribution < 1.29 is 13.9 Å². The number of aromatic nitrogens is 1.